The Morgan fingerprint density at radius 1 is 1.50 bits per heavy atom. The van der Waals surface area contributed by atoms with Gasteiger partial charge in [-0.25, -0.2) is 4.98 Å². The third-order valence-electron chi connectivity index (χ3n) is 2.15. The minimum atomic E-state index is -0.0533. The third-order valence-corrected chi connectivity index (χ3v) is 3.35. The van der Waals surface area contributed by atoms with E-state index in [1.54, 1.807) is 11.3 Å². The van der Waals surface area contributed by atoms with Crippen LogP contribution in [0.5, 0.6) is 0 Å². The Balaban J connectivity index is 2.69. The summed E-state index contributed by atoms with van der Waals surface area (Å²) in [5.41, 5.74) is 1.06. The first kappa shape index (κ1) is 11.7. The SMILES string of the molecule is CC(C)c1nc(CC(C)(C)CO)cs1. The van der Waals surface area contributed by atoms with Gasteiger partial charge < -0.3 is 5.11 Å². The molecule has 14 heavy (non-hydrogen) atoms. The molecule has 0 unspecified atom stereocenters. The van der Waals surface area contributed by atoms with Gasteiger partial charge in [0.1, 0.15) is 0 Å². The Kier molecular flexibility index (Phi) is 3.67. The van der Waals surface area contributed by atoms with Gasteiger partial charge in [-0.15, -0.1) is 11.3 Å². The number of hydrogen-bond donors (Lipinski definition) is 1. The van der Waals surface area contributed by atoms with Crippen LogP contribution in [-0.2, 0) is 6.42 Å². The molecule has 1 aromatic rings. The maximum absolute atomic E-state index is 9.15. The fourth-order valence-corrected chi connectivity index (χ4v) is 2.05. The predicted molar refractivity (Wildman–Crippen MR) is 60.8 cm³/mol. The molecule has 2 nitrogen and oxygen atoms in total. The van der Waals surface area contributed by atoms with Crippen LogP contribution in [0, 0.1) is 5.41 Å². The quantitative estimate of drug-likeness (QED) is 0.834. The Morgan fingerprint density at radius 2 is 2.14 bits per heavy atom. The number of hydrogen-bond acceptors (Lipinski definition) is 3. The van der Waals surface area contributed by atoms with Crippen molar-refractivity contribution in [1.29, 1.82) is 0 Å². The van der Waals surface area contributed by atoms with Crippen LogP contribution < -0.4 is 0 Å². The van der Waals surface area contributed by atoms with E-state index >= 15 is 0 Å². The van der Waals surface area contributed by atoms with Crippen LogP contribution in [0.3, 0.4) is 0 Å². The van der Waals surface area contributed by atoms with Crippen molar-refractivity contribution in [2.75, 3.05) is 6.61 Å². The fourth-order valence-electron chi connectivity index (χ4n) is 1.22. The standard InChI is InChI=1S/C11H19NOS/c1-8(2)10-12-9(6-14-10)5-11(3,4)7-13/h6,8,13H,5,7H2,1-4H3. The van der Waals surface area contributed by atoms with Crippen LogP contribution in [-0.4, -0.2) is 16.7 Å². The fraction of sp³-hybridized carbons (Fsp3) is 0.727. The van der Waals surface area contributed by atoms with Gasteiger partial charge in [0.05, 0.1) is 10.7 Å². The highest BCUT2D eigenvalue weighted by Gasteiger charge is 2.19. The van der Waals surface area contributed by atoms with E-state index in [4.69, 9.17) is 5.11 Å². The van der Waals surface area contributed by atoms with Gasteiger partial charge in [0.15, 0.2) is 0 Å². The summed E-state index contributed by atoms with van der Waals surface area (Å²) in [6, 6.07) is 0. The molecule has 1 rings (SSSR count). The van der Waals surface area contributed by atoms with E-state index in [2.05, 4.69) is 38.1 Å². The molecule has 0 amide bonds. The number of rotatable bonds is 4. The Hall–Kier alpha value is -0.410. The normalized spacial score (nSPS) is 12.4. The highest BCUT2D eigenvalue weighted by atomic mass is 32.1. The molecule has 1 N–H and O–H groups in total. The van der Waals surface area contributed by atoms with Crippen molar-refractivity contribution in [2.45, 2.75) is 40.0 Å². The molecule has 3 heteroatoms. The largest absolute Gasteiger partial charge is 0.396 e. The lowest BCUT2D eigenvalue weighted by atomic mass is 9.89. The zero-order chi connectivity index (χ0) is 10.8. The smallest absolute Gasteiger partial charge is 0.0953 e. The van der Waals surface area contributed by atoms with Crippen LogP contribution in [0.2, 0.25) is 0 Å². The summed E-state index contributed by atoms with van der Waals surface area (Å²) >= 11 is 1.72. The molecule has 0 saturated carbocycles. The van der Waals surface area contributed by atoms with Gasteiger partial charge in [-0.1, -0.05) is 27.7 Å². The monoisotopic (exact) mass is 213 g/mol. The van der Waals surface area contributed by atoms with Crippen LogP contribution >= 0.6 is 11.3 Å². The summed E-state index contributed by atoms with van der Waals surface area (Å²) in [6.07, 6.45) is 0.854. The molecule has 0 aromatic carbocycles. The summed E-state index contributed by atoms with van der Waals surface area (Å²) < 4.78 is 0. The van der Waals surface area contributed by atoms with Crippen molar-refractivity contribution in [3.05, 3.63) is 16.1 Å². The van der Waals surface area contributed by atoms with Crippen LogP contribution in [0.4, 0.5) is 0 Å². The number of thiazole rings is 1. The van der Waals surface area contributed by atoms with E-state index in [0.29, 0.717) is 5.92 Å². The maximum atomic E-state index is 9.15. The number of aliphatic hydroxyl groups excluding tert-OH is 1. The van der Waals surface area contributed by atoms with Crippen molar-refractivity contribution < 1.29 is 5.11 Å². The minimum Gasteiger partial charge on any atom is -0.396 e. The molecule has 0 saturated heterocycles. The average molecular weight is 213 g/mol. The Labute approximate surface area is 90.0 Å². The number of aromatic nitrogens is 1. The van der Waals surface area contributed by atoms with E-state index in [1.807, 2.05) is 0 Å². The topological polar surface area (TPSA) is 33.1 Å². The van der Waals surface area contributed by atoms with Crippen molar-refractivity contribution in [3.63, 3.8) is 0 Å². The lowest BCUT2D eigenvalue weighted by Gasteiger charge is -2.19. The molecule has 0 atom stereocenters. The molecule has 0 fully saturated rings. The van der Waals surface area contributed by atoms with E-state index in [9.17, 15) is 0 Å². The lowest BCUT2D eigenvalue weighted by molar-refractivity contribution is 0.159. The second-order valence-electron chi connectivity index (χ2n) is 4.83. The maximum Gasteiger partial charge on any atom is 0.0953 e. The summed E-state index contributed by atoms with van der Waals surface area (Å²) in [5, 5.41) is 12.4. The van der Waals surface area contributed by atoms with Gasteiger partial charge in [0.2, 0.25) is 0 Å². The molecule has 0 bridgehead atoms. The summed E-state index contributed by atoms with van der Waals surface area (Å²) in [7, 11) is 0. The average Bonchev–Trinajstić information content (AvgIpc) is 2.52. The second-order valence-corrected chi connectivity index (χ2v) is 5.72. The van der Waals surface area contributed by atoms with Gasteiger partial charge in [0.25, 0.3) is 0 Å². The highest BCUT2D eigenvalue weighted by molar-refractivity contribution is 7.09. The molecule has 0 aliphatic rings. The van der Waals surface area contributed by atoms with E-state index in [1.165, 1.54) is 5.01 Å². The first-order valence-corrected chi connectivity index (χ1v) is 5.88. The first-order chi connectivity index (χ1) is 6.44. The van der Waals surface area contributed by atoms with Gasteiger partial charge in [-0.05, 0) is 11.8 Å². The van der Waals surface area contributed by atoms with Gasteiger partial charge in [0, 0.05) is 17.9 Å². The molecular formula is C11H19NOS. The van der Waals surface area contributed by atoms with Gasteiger partial charge >= 0.3 is 0 Å². The number of nitrogens with zero attached hydrogens (tertiary/aromatic N) is 1. The summed E-state index contributed by atoms with van der Waals surface area (Å²) in [6.45, 7) is 8.63. The third kappa shape index (κ3) is 3.07. The second kappa shape index (κ2) is 4.41. The Bertz CT molecular complexity index is 291. The Morgan fingerprint density at radius 3 is 2.57 bits per heavy atom. The van der Waals surface area contributed by atoms with E-state index < -0.39 is 0 Å². The minimum absolute atomic E-state index is 0.0533. The number of aliphatic hydroxyl groups is 1. The van der Waals surface area contributed by atoms with Crippen molar-refractivity contribution in [3.8, 4) is 0 Å². The molecule has 0 spiro atoms. The first-order valence-electron chi connectivity index (χ1n) is 5.00. The van der Waals surface area contributed by atoms with Crippen molar-refractivity contribution in [2.24, 2.45) is 5.41 Å². The van der Waals surface area contributed by atoms with Gasteiger partial charge in [-0.3, -0.25) is 0 Å². The van der Waals surface area contributed by atoms with Gasteiger partial charge in [-0.2, -0.15) is 0 Å². The zero-order valence-corrected chi connectivity index (χ0v) is 10.2. The molecule has 0 aliphatic heterocycles. The molecule has 80 valence electrons. The van der Waals surface area contributed by atoms with Crippen molar-refractivity contribution >= 4 is 11.3 Å². The summed E-state index contributed by atoms with van der Waals surface area (Å²) in [4.78, 5) is 4.55. The van der Waals surface area contributed by atoms with E-state index in [-0.39, 0.29) is 12.0 Å². The molecule has 0 aliphatic carbocycles. The van der Waals surface area contributed by atoms with Crippen molar-refractivity contribution in [1.82, 2.24) is 4.98 Å². The molecule has 0 radical (unpaired) electrons. The molecule has 1 heterocycles. The molecular weight excluding hydrogens is 194 g/mol. The zero-order valence-electron chi connectivity index (χ0n) is 9.37. The van der Waals surface area contributed by atoms with Crippen LogP contribution in [0.25, 0.3) is 0 Å². The van der Waals surface area contributed by atoms with Crippen LogP contribution in [0.15, 0.2) is 5.38 Å². The summed E-state index contributed by atoms with van der Waals surface area (Å²) in [5.74, 6) is 0.506. The highest BCUT2D eigenvalue weighted by Crippen LogP contribution is 2.25. The lowest BCUT2D eigenvalue weighted by Crippen LogP contribution is -2.19. The predicted octanol–water partition coefficient (Wildman–Crippen LogP) is 2.83. The molecule has 1 aromatic heterocycles. The van der Waals surface area contributed by atoms with Crippen LogP contribution in [0.1, 0.15) is 44.3 Å². The van der Waals surface area contributed by atoms with E-state index in [0.717, 1.165) is 12.1 Å².